The van der Waals surface area contributed by atoms with E-state index in [0.717, 1.165) is 19.4 Å². The van der Waals surface area contributed by atoms with E-state index in [1.165, 1.54) is 0 Å². The fourth-order valence-corrected chi connectivity index (χ4v) is 0.811. The van der Waals surface area contributed by atoms with Gasteiger partial charge in [0.25, 0.3) is 0 Å². The molecule has 0 amide bonds. The summed E-state index contributed by atoms with van der Waals surface area (Å²) in [7, 11) is 0. The topological polar surface area (TPSA) is 9.23 Å². The predicted octanol–water partition coefficient (Wildman–Crippen LogP) is 0.667. The van der Waals surface area contributed by atoms with Crippen LogP contribution in [-0.2, 0) is 39.7 Å². The van der Waals surface area contributed by atoms with Crippen molar-refractivity contribution in [1.82, 2.24) is 0 Å². The van der Waals surface area contributed by atoms with Gasteiger partial charge in [-0.3, -0.25) is 0 Å². The zero-order valence-corrected chi connectivity index (χ0v) is 6.80. The molecule has 0 aromatic heterocycles. The van der Waals surface area contributed by atoms with Crippen molar-refractivity contribution >= 4 is 12.6 Å². The van der Waals surface area contributed by atoms with Crippen LogP contribution >= 0.6 is 0 Å². The molecule has 0 N–H and O–H groups in total. The number of ether oxygens (including phenoxy) is 1. The van der Waals surface area contributed by atoms with Gasteiger partial charge in [-0.05, 0) is 12.8 Å². The quantitative estimate of drug-likeness (QED) is 0.480. The SMILES string of the molecule is [Au+].[S-]C1CCCO1. The average Bonchev–Trinajstić information content (AvgIpc) is 1.86. The van der Waals surface area contributed by atoms with Crippen LogP contribution in [0.5, 0.6) is 0 Å². The van der Waals surface area contributed by atoms with E-state index in [1.54, 1.807) is 0 Å². The number of rotatable bonds is 0. The summed E-state index contributed by atoms with van der Waals surface area (Å²) in [6.45, 7) is 0.883. The Hall–Kier alpha value is 1.05. The van der Waals surface area contributed by atoms with Gasteiger partial charge >= 0.3 is 22.4 Å². The summed E-state index contributed by atoms with van der Waals surface area (Å²) < 4.78 is 4.97. The number of hydrogen-bond donors (Lipinski definition) is 0. The first kappa shape index (κ1) is 8.05. The molecule has 3 heteroatoms. The van der Waals surface area contributed by atoms with Crippen LogP contribution in [0.15, 0.2) is 0 Å². The van der Waals surface area contributed by atoms with Gasteiger partial charge in [-0.1, -0.05) is 5.44 Å². The van der Waals surface area contributed by atoms with Crippen molar-refractivity contribution in [3.63, 3.8) is 0 Å². The summed E-state index contributed by atoms with van der Waals surface area (Å²) in [4.78, 5) is 0. The molecule has 1 aliphatic rings. The monoisotopic (exact) mass is 300 g/mol. The molecule has 1 atom stereocenters. The molecule has 0 aromatic rings. The van der Waals surface area contributed by atoms with E-state index in [1.807, 2.05) is 0 Å². The third-order valence-corrected chi connectivity index (χ3v) is 1.26. The normalized spacial score (nSPS) is 29.6. The first-order valence-electron chi connectivity index (χ1n) is 2.17. The zero-order valence-electron chi connectivity index (χ0n) is 3.82. The molecule has 1 fully saturated rings. The Labute approximate surface area is 64.7 Å². The van der Waals surface area contributed by atoms with E-state index < -0.39 is 0 Å². The Morgan fingerprint density at radius 3 is 2.43 bits per heavy atom. The second kappa shape index (κ2) is 3.98. The average molecular weight is 300 g/mol. The minimum atomic E-state index is 0. The van der Waals surface area contributed by atoms with E-state index in [0.29, 0.717) is 0 Å². The van der Waals surface area contributed by atoms with Gasteiger partial charge in [0, 0.05) is 6.61 Å². The predicted molar refractivity (Wildman–Crippen MR) is 26.3 cm³/mol. The molecule has 1 aliphatic heterocycles. The van der Waals surface area contributed by atoms with Gasteiger partial charge in [-0.15, -0.1) is 0 Å². The molecule has 46 valence electrons. The Bertz CT molecular complexity index is 45.0. The molecule has 1 unspecified atom stereocenters. The van der Waals surface area contributed by atoms with Crippen molar-refractivity contribution in [1.29, 1.82) is 0 Å². The Morgan fingerprint density at radius 2 is 2.29 bits per heavy atom. The van der Waals surface area contributed by atoms with Crippen LogP contribution in [0.1, 0.15) is 12.8 Å². The molecule has 0 saturated carbocycles. The second-order valence-corrected chi connectivity index (χ2v) is 1.97. The molecule has 1 heterocycles. The van der Waals surface area contributed by atoms with Crippen LogP contribution in [0.2, 0.25) is 0 Å². The molecular weight excluding hydrogens is 293 g/mol. The number of hydrogen-bond acceptors (Lipinski definition) is 2. The van der Waals surface area contributed by atoms with Gasteiger partial charge < -0.3 is 17.4 Å². The van der Waals surface area contributed by atoms with Crippen molar-refractivity contribution in [2.45, 2.75) is 18.3 Å². The third-order valence-electron chi connectivity index (χ3n) is 0.888. The molecule has 0 bridgehead atoms. The van der Waals surface area contributed by atoms with Crippen molar-refractivity contribution in [3.8, 4) is 0 Å². The Kier molecular flexibility index (Phi) is 4.58. The molecule has 0 aromatic carbocycles. The summed E-state index contributed by atoms with van der Waals surface area (Å²) in [6.07, 6.45) is 2.24. The van der Waals surface area contributed by atoms with Crippen molar-refractivity contribution < 1.29 is 27.1 Å². The summed E-state index contributed by atoms with van der Waals surface area (Å²) in [5, 5.41) is 0. The molecule has 0 radical (unpaired) electrons. The van der Waals surface area contributed by atoms with Gasteiger partial charge in [-0.2, -0.15) is 0 Å². The summed E-state index contributed by atoms with van der Waals surface area (Å²) in [5.74, 6) is 0. The van der Waals surface area contributed by atoms with E-state index in [9.17, 15) is 0 Å². The molecule has 7 heavy (non-hydrogen) atoms. The van der Waals surface area contributed by atoms with Gasteiger partial charge in [0.1, 0.15) is 0 Å². The minimum absolute atomic E-state index is 0. The largest absolute Gasteiger partial charge is 1.00 e. The maximum atomic E-state index is 4.97. The fourth-order valence-electron chi connectivity index (χ4n) is 0.548. The summed E-state index contributed by atoms with van der Waals surface area (Å²) >= 11 is 4.78. The third kappa shape index (κ3) is 2.77. The van der Waals surface area contributed by atoms with Gasteiger partial charge in [0.2, 0.25) is 0 Å². The van der Waals surface area contributed by atoms with Crippen LogP contribution in [0.4, 0.5) is 0 Å². The fraction of sp³-hybridized carbons (Fsp3) is 1.00. The molecule has 1 rings (SSSR count). The summed E-state index contributed by atoms with van der Waals surface area (Å²) in [5.41, 5.74) is 0.130. The summed E-state index contributed by atoms with van der Waals surface area (Å²) in [6, 6.07) is 0. The second-order valence-electron chi connectivity index (χ2n) is 1.44. The first-order chi connectivity index (χ1) is 2.89. The van der Waals surface area contributed by atoms with Crippen LogP contribution in [-0.4, -0.2) is 12.0 Å². The van der Waals surface area contributed by atoms with E-state index >= 15 is 0 Å². The maximum Gasteiger partial charge on any atom is 1.00 e. The van der Waals surface area contributed by atoms with E-state index in [4.69, 9.17) is 17.4 Å². The standard InChI is InChI=1S/C4H8OS.Au/c6-4-2-1-3-5-4;/h4,6H,1-3H2;/q;+1/p-1. The Morgan fingerprint density at radius 1 is 1.57 bits per heavy atom. The minimum Gasteiger partial charge on any atom is -0.761 e. The van der Waals surface area contributed by atoms with Crippen LogP contribution in [0.25, 0.3) is 0 Å². The van der Waals surface area contributed by atoms with Crippen LogP contribution in [0, 0.1) is 0 Å². The smallest absolute Gasteiger partial charge is 0.761 e. The maximum absolute atomic E-state index is 4.97. The zero-order chi connectivity index (χ0) is 4.41. The molecule has 0 aliphatic carbocycles. The molecular formula is C4H7AuOS. The molecule has 0 spiro atoms. The van der Waals surface area contributed by atoms with Crippen molar-refractivity contribution in [3.05, 3.63) is 0 Å². The van der Waals surface area contributed by atoms with E-state index in [2.05, 4.69) is 0 Å². The van der Waals surface area contributed by atoms with Gasteiger partial charge in [-0.25, -0.2) is 0 Å². The molecule has 1 nitrogen and oxygen atoms in total. The Balaban J connectivity index is 0.000000360. The van der Waals surface area contributed by atoms with Crippen LogP contribution < -0.4 is 0 Å². The molecule has 1 saturated heterocycles. The van der Waals surface area contributed by atoms with Crippen molar-refractivity contribution in [2.24, 2.45) is 0 Å². The van der Waals surface area contributed by atoms with Gasteiger partial charge in [0.05, 0.1) is 0 Å². The van der Waals surface area contributed by atoms with Crippen molar-refractivity contribution in [2.75, 3.05) is 6.61 Å². The van der Waals surface area contributed by atoms with E-state index in [-0.39, 0.29) is 27.8 Å². The van der Waals surface area contributed by atoms with Gasteiger partial charge in [0.15, 0.2) is 0 Å². The van der Waals surface area contributed by atoms with Crippen LogP contribution in [0.3, 0.4) is 0 Å². The first-order valence-corrected chi connectivity index (χ1v) is 2.64.